The van der Waals surface area contributed by atoms with Gasteiger partial charge in [-0.2, -0.15) is 0 Å². The maximum Gasteiger partial charge on any atom is 0.302 e. The molecular formula is C13H20O2. The first kappa shape index (κ1) is 13.7. The van der Waals surface area contributed by atoms with E-state index in [2.05, 4.69) is 12.7 Å². The smallest absolute Gasteiger partial charge is 0.302 e. The van der Waals surface area contributed by atoms with Crippen LogP contribution >= 0.6 is 0 Å². The van der Waals surface area contributed by atoms with Crippen molar-refractivity contribution in [1.82, 2.24) is 0 Å². The van der Waals surface area contributed by atoms with Crippen molar-refractivity contribution in [3.05, 3.63) is 29.0 Å². The van der Waals surface area contributed by atoms with Gasteiger partial charge in [-0.1, -0.05) is 19.1 Å². The van der Waals surface area contributed by atoms with Crippen LogP contribution in [0.5, 0.6) is 0 Å². The summed E-state index contributed by atoms with van der Waals surface area (Å²) in [5.41, 5.74) is 5.77. The van der Waals surface area contributed by atoms with Crippen molar-refractivity contribution < 1.29 is 9.53 Å². The largest absolute Gasteiger partial charge is 0.462 e. The Morgan fingerprint density at radius 1 is 1.27 bits per heavy atom. The van der Waals surface area contributed by atoms with E-state index in [9.17, 15) is 4.79 Å². The molecule has 15 heavy (non-hydrogen) atoms. The maximum absolute atomic E-state index is 10.5. The molecule has 0 aliphatic heterocycles. The lowest BCUT2D eigenvalue weighted by Crippen LogP contribution is -1.97. The molecule has 0 rings (SSSR count). The van der Waals surface area contributed by atoms with Crippen molar-refractivity contribution in [3.8, 4) is 0 Å². The Morgan fingerprint density at radius 3 is 2.40 bits per heavy atom. The second kappa shape index (κ2) is 8.07. The molecule has 84 valence electrons. The van der Waals surface area contributed by atoms with Gasteiger partial charge in [0.05, 0.1) is 0 Å². The third-order valence-electron chi connectivity index (χ3n) is 1.77. The Labute approximate surface area is 92.3 Å². The summed E-state index contributed by atoms with van der Waals surface area (Å²) in [6, 6.07) is 0. The van der Waals surface area contributed by atoms with Gasteiger partial charge in [-0.3, -0.25) is 4.79 Å². The zero-order chi connectivity index (χ0) is 11.7. The fraction of sp³-hybridized carbons (Fsp3) is 0.538. The van der Waals surface area contributed by atoms with E-state index in [0.29, 0.717) is 6.61 Å². The summed E-state index contributed by atoms with van der Waals surface area (Å²) in [5.74, 6) is -0.241. The van der Waals surface area contributed by atoms with Crippen LogP contribution in [0, 0.1) is 0 Å². The maximum atomic E-state index is 10.5. The molecule has 0 aromatic carbocycles. The summed E-state index contributed by atoms with van der Waals surface area (Å²) < 4.78 is 4.78. The predicted molar refractivity (Wildman–Crippen MR) is 62.6 cm³/mol. The van der Waals surface area contributed by atoms with Gasteiger partial charge in [0, 0.05) is 6.92 Å². The number of hydrogen-bond donors (Lipinski definition) is 0. The van der Waals surface area contributed by atoms with E-state index in [1.165, 1.54) is 18.1 Å². The second-order valence-electron chi connectivity index (χ2n) is 3.56. The molecule has 0 aromatic heterocycles. The molecule has 0 aliphatic rings. The van der Waals surface area contributed by atoms with Gasteiger partial charge in [0.25, 0.3) is 0 Å². The number of carbonyl (C=O) groups excluding carboxylic acids is 1. The summed E-state index contributed by atoms with van der Waals surface area (Å²) in [5, 5.41) is 0. The van der Waals surface area contributed by atoms with Crippen LogP contribution < -0.4 is 0 Å². The number of carbonyl (C=O) groups is 1. The predicted octanol–water partition coefficient (Wildman–Crippen LogP) is 3.40. The summed E-state index contributed by atoms with van der Waals surface area (Å²) in [4.78, 5) is 10.5. The highest BCUT2D eigenvalue weighted by atomic mass is 16.5. The molecule has 0 heterocycles. The van der Waals surface area contributed by atoms with Gasteiger partial charge in [0.15, 0.2) is 0 Å². The molecule has 0 aliphatic carbocycles. The SMILES string of the molecule is CCC(=C=C(C)C)C/C=C/COC(C)=O. The van der Waals surface area contributed by atoms with Crippen LogP contribution in [-0.2, 0) is 9.53 Å². The molecule has 0 spiro atoms. The van der Waals surface area contributed by atoms with E-state index in [4.69, 9.17) is 4.74 Å². The Kier molecular flexibility index (Phi) is 7.39. The summed E-state index contributed by atoms with van der Waals surface area (Å²) in [6.07, 6.45) is 5.76. The molecule has 0 unspecified atom stereocenters. The van der Waals surface area contributed by atoms with Gasteiger partial charge in [-0.15, -0.1) is 5.73 Å². The van der Waals surface area contributed by atoms with Crippen LogP contribution in [0.4, 0.5) is 0 Å². The van der Waals surface area contributed by atoms with E-state index in [1.807, 2.05) is 26.0 Å². The zero-order valence-electron chi connectivity index (χ0n) is 10.1. The topological polar surface area (TPSA) is 26.3 Å². The molecule has 2 nitrogen and oxygen atoms in total. The van der Waals surface area contributed by atoms with Gasteiger partial charge in [0.2, 0.25) is 0 Å². The van der Waals surface area contributed by atoms with E-state index < -0.39 is 0 Å². The standard InChI is InChI=1S/C13H20O2/c1-5-13(10-11(2)3)8-6-7-9-15-12(4)14/h6-7H,5,8-9H2,1-4H3/b7-6+. The van der Waals surface area contributed by atoms with Gasteiger partial charge < -0.3 is 4.74 Å². The molecule has 0 saturated carbocycles. The molecule has 0 saturated heterocycles. The van der Waals surface area contributed by atoms with Crippen molar-refractivity contribution >= 4 is 5.97 Å². The fourth-order valence-electron chi connectivity index (χ4n) is 1.10. The van der Waals surface area contributed by atoms with Crippen molar-refractivity contribution in [1.29, 1.82) is 0 Å². The number of rotatable bonds is 5. The summed E-state index contributed by atoms with van der Waals surface area (Å²) in [6.45, 7) is 7.97. The quantitative estimate of drug-likeness (QED) is 0.393. The average molecular weight is 208 g/mol. The number of ether oxygens (including phenoxy) is 1. The number of esters is 1. The Bertz CT molecular complexity index is 288. The van der Waals surface area contributed by atoms with Gasteiger partial charge in [-0.05, 0) is 37.8 Å². The lowest BCUT2D eigenvalue weighted by molar-refractivity contribution is -0.139. The minimum atomic E-state index is -0.241. The van der Waals surface area contributed by atoms with Crippen LogP contribution in [0.3, 0.4) is 0 Å². The third-order valence-corrected chi connectivity index (χ3v) is 1.77. The van der Waals surface area contributed by atoms with Crippen molar-refractivity contribution in [3.63, 3.8) is 0 Å². The minimum Gasteiger partial charge on any atom is -0.462 e. The van der Waals surface area contributed by atoms with E-state index in [-0.39, 0.29) is 5.97 Å². The van der Waals surface area contributed by atoms with Gasteiger partial charge in [-0.25, -0.2) is 0 Å². The lowest BCUT2D eigenvalue weighted by Gasteiger charge is -1.97. The van der Waals surface area contributed by atoms with Crippen molar-refractivity contribution in [2.45, 2.75) is 40.5 Å². The highest BCUT2D eigenvalue weighted by Crippen LogP contribution is 2.06. The normalized spacial score (nSPS) is 9.87. The zero-order valence-corrected chi connectivity index (χ0v) is 10.1. The monoisotopic (exact) mass is 208 g/mol. The molecule has 0 fully saturated rings. The minimum absolute atomic E-state index is 0.241. The van der Waals surface area contributed by atoms with Crippen LogP contribution in [0.25, 0.3) is 0 Å². The van der Waals surface area contributed by atoms with E-state index >= 15 is 0 Å². The third kappa shape index (κ3) is 9.04. The van der Waals surface area contributed by atoms with E-state index in [0.717, 1.165) is 12.8 Å². The van der Waals surface area contributed by atoms with Gasteiger partial charge >= 0.3 is 5.97 Å². The molecule has 0 atom stereocenters. The number of allylic oxidation sites excluding steroid dienone is 2. The summed E-state index contributed by atoms with van der Waals surface area (Å²) in [7, 11) is 0. The van der Waals surface area contributed by atoms with Crippen molar-refractivity contribution in [2.24, 2.45) is 0 Å². The Balaban J connectivity index is 4.03. The van der Waals surface area contributed by atoms with Gasteiger partial charge in [0.1, 0.15) is 6.61 Å². The fourth-order valence-corrected chi connectivity index (χ4v) is 1.10. The molecule has 2 heteroatoms. The van der Waals surface area contributed by atoms with Crippen LogP contribution in [0.1, 0.15) is 40.5 Å². The van der Waals surface area contributed by atoms with Crippen LogP contribution in [0.2, 0.25) is 0 Å². The molecule has 0 bridgehead atoms. The first-order valence-electron chi connectivity index (χ1n) is 5.26. The highest BCUT2D eigenvalue weighted by molar-refractivity contribution is 5.65. The first-order chi connectivity index (χ1) is 7.06. The van der Waals surface area contributed by atoms with Crippen LogP contribution in [0.15, 0.2) is 29.0 Å². The molecule has 0 amide bonds. The number of hydrogen-bond acceptors (Lipinski definition) is 2. The second-order valence-corrected chi connectivity index (χ2v) is 3.56. The molecule has 0 radical (unpaired) electrons. The Hall–Kier alpha value is -1.27. The van der Waals surface area contributed by atoms with E-state index in [1.54, 1.807) is 0 Å². The average Bonchev–Trinajstić information content (AvgIpc) is 2.14. The van der Waals surface area contributed by atoms with Crippen LogP contribution in [-0.4, -0.2) is 12.6 Å². The lowest BCUT2D eigenvalue weighted by atomic mass is 10.1. The highest BCUT2D eigenvalue weighted by Gasteiger charge is 1.90. The molecule has 0 aromatic rings. The molecular weight excluding hydrogens is 188 g/mol. The van der Waals surface area contributed by atoms with Crippen molar-refractivity contribution in [2.75, 3.05) is 6.61 Å². The summed E-state index contributed by atoms with van der Waals surface area (Å²) >= 11 is 0. The first-order valence-corrected chi connectivity index (χ1v) is 5.26. The molecule has 0 N–H and O–H groups in total. The Morgan fingerprint density at radius 2 is 1.93 bits per heavy atom.